The molecule has 1 aromatic rings. The lowest BCUT2D eigenvalue weighted by Gasteiger charge is -2.30. The standard InChI is InChI=1S/C15H25ClN2O2S/c1-5-15(6-2,11-16)12-17-13-7-9-14(10-8-13)21(19,20)18(3)4/h7-10,17H,5-6,11-12H2,1-4H3. The van der Waals surface area contributed by atoms with Gasteiger partial charge in [-0.15, -0.1) is 11.6 Å². The molecular weight excluding hydrogens is 308 g/mol. The summed E-state index contributed by atoms with van der Waals surface area (Å²) in [5, 5.41) is 3.35. The van der Waals surface area contributed by atoms with Crippen LogP contribution in [0.2, 0.25) is 0 Å². The third kappa shape index (κ3) is 4.34. The molecule has 0 fully saturated rings. The van der Waals surface area contributed by atoms with Crippen molar-refractivity contribution in [3.8, 4) is 0 Å². The summed E-state index contributed by atoms with van der Waals surface area (Å²) in [7, 11) is -0.313. The summed E-state index contributed by atoms with van der Waals surface area (Å²) in [5.74, 6) is 0.611. The van der Waals surface area contributed by atoms with Crippen LogP contribution in [0.4, 0.5) is 5.69 Å². The lowest BCUT2D eigenvalue weighted by Crippen LogP contribution is -2.30. The zero-order chi connectivity index (χ0) is 16.1. The van der Waals surface area contributed by atoms with Gasteiger partial charge in [-0.05, 0) is 37.1 Å². The second-order valence-electron chi connectivity index (χ2n) is 5.51. The summed E-state index contributed by atoms with van der Waals surface area (Å²) in [6.45, 7) is 5.06. The highest BCUT2D eigenvalue weighted by molar-refractivity contribution is 7.89. The zero-order valence-electron chi connectivity index (χ0n) is 13.2. The van der Waals surface area contributed by atoms with Crippen LogP contribution in [0.25, 0.3) is 0 Å². The molecule has 0 radical (unpaired) electrons. The fraction of sp³-hybridized carbons (Fsp3) is 0.600. The second kappa shape index (κ2) is 7.47. The molecule has 21 heavy (non-hydrogen) atoms. The van der Waals surface area contributed by atoms with Crippen molar-refractivity contribution in [2.75, 3.05) is 31.8 Å². The van der Waals surface area contributed by atoms with Gasteiger partial charge in [0.15, 0.2) is 0 Å². The number of hydrogen-bond acceptors (Lipinski definition) is 3. The highest BCUT2D eigenvalue weighted by Crippen LogP contribution is 2.28. The number of benzene rings is 1. The van der Waals surface area contributed by atoms with Crippen LogP contribution in [-0.4, -0.2) is 39.2 Å². The van der Waals surface area contributed by atoms with Crippen molar-refractivity contribution in [2.24, 2.45) is 5.41 Å². The van der Waals surface area contributed by atoms with E-state index in [1.807, 2.05) is 0 Å². The van der Waals surface area contributed by atoms with Gasteiger partial charge in [-0.2, -0.15) is 0 Å². The summed E-state index contributed by atoms with van der Waals surface area (Å²) >= 11 is 6.09. The van der Waals surface area contributed by atoms with Gasteiger partial charge in [-0.1, -0.05) is 13.8 Å². The van der Waals surface area contributed by atoms with E-state index >= 15 is 0 Å². The lowest BCUT2D eigenvalue weighted by atomic mass is 9.84. The van der Waals surface area contributed by atoms with Gasteiger partial charge in [0, 0.05) is 37.6 Å². The van der Waals surface area contributed by atoms with E-state index < -0.39 is 10.0 Å². The molecule has 0 aliphatic rings. The van der Waals surface area contributed by atoms with Crippen LogP contribution in [-0.2, 0) is 10.0 Å². The van der Waals surface area contributed by atoms with Crippen molar-refractivity contribution in [1.82, 2.24) is 4.31 Å². The van der Waals surface area contributed by atoms with Crippen molar-refractivity contribution < 1.29 is 8.42 Å². The summed E-state index contributed by atoms with van der Waals surface area (Å²) in [4.78, 5) is 0.299. The summed E-state index contributed by atoms with van der Waals surface area (Å²) < 4.78 is 25.2. The fourth-order valence-electron chi connectivity index (χ4n) is 1.98. The maximum Gasteiger partial charge on any atom is 0.242 e. The van der Waals surface area contributed by atoms with Gasteiger partial charge in [0.05, 0.1) is 4.90 Å². The summed E-state index contributed by atoms with van der Waals surface area (Å²) in [5.41, 5.74) is 0.986. The molecule has 0 unspecified atom stereocenters. The second-order valence-corrected chi connectivity index (χ2v) is 7.93. The third-order valence-corrected chi connectivity index (χ3v) is 6.48. The molecule has 120 valence electrons. The lowest BCUT2D eigenvalue weighted by molar-refractivity contribution is 0.327. The SMILES string of the molecule is CCC(CC)(CCl)CNc1ccc(S(=O)(=O)N(C)C)cc1. The average molecular weight is 333 g/mol. The third-order valence-electron chi connectivity index (χ3n) is 4.08. The predicted molar refractivity (Wildman–Crippen MR) is 89.5 cm³/mol. The molecule has 1 rings (SSSR count). The molecule has 0 aliphatic heterocycles. The Balaban J connectivity index is 2.81. The average Bonchev–Trinajstić information content (AvgIpc) is 2.49. The van der Waals surface area contributed by atoms with Crippen molar-refractivity contribution in [3.63, 3.8) is 0 Å². The van der Waals surface area contributed by atoms with Crippen LogP contribution in [0.3, 0.4) is 0 Å². The van der Waals surface area contributed by atoms with Crippen LogP contribution in [0, 0.1) is 5.41 Å². The normalized spacial score (nSPS) is 12.7. The molecule has 0 heterocycles. The van der Waals surface area contributed by atoms with Crippen molar-refractivity contribution in [2.45, 2.75) is 31.6 Å². The van der Waals surface area contributed by atoms with Crippen LogP contribution < -0.4 is 5.32 Å². The highest BCUT2D eigenvalue weighted by atomic mass is 35.5. The van der Waals surface area contributed by atoms with E-state index in [0.717, 1.165) is 25.1 Å². The molecule has 0 atom stereocenters. The van der Waals surface area contributed by atoms with E-state index in [9.17, 15) is 8.42 Å². The predicted octanol–water partition coefficient (Wildman–Crippen LogP) is 3.39. The maximum atomic E-state index is 12.0. The first kappa shape index (κ1) is 18.3. The van der Waals surface area contributed by atoms with E-state index in [-0.39, 0.29) is 5.41 Å². The number of nitrogens with one attached hydrogen (secondary N) is 1. The Morgan fingerprint density at radius 2 is 1.67 bits per heavy atom. The first-order chi connectivity index (χ1) is 9.81. The van der Waals surface area contributed by atoms with Crippen LogP contribution >= 0.6 is 11.6 Å². The van der Waals surface area contributed by atoms with Crippen molar-refractivity contribution in [3.05, 3.63) is 24.3 Å². The topological polar surface area (TPSA) is 49.4 Å². The Bertz CT molecular complexity index is 529. The minimum absolute atomic E-state index is 0.0793. The largest absolute Gasteiger partial charge is 0.384 e. The number of alkyl halides is 1. The van der Waals surface area contributed by atoms with Gasteiger partial charge in [0.25, 0.3) is 0 Å². The van der Waals surface area contributed by atoms with Gasteiger partial charge < -0.3 is 5.32 Å². The number of halogens is 1. The van der Waals surface area contributed by atoms with E-state index in [1.54, 1.807) is 24.3 Å². The number of hydrogen-bond donors (Lipinski definition) is 1. The molecule has 0 aromatic heterocycles. The van der Waals surface area contributed by atoms with E-state index in [4.69, 9.17) is 11.6 Å². The van der Waals surface area contributed by atoms with Gasteiger partial charge in [-0.3, -0.25) is 0 Å². The van der Waals surface area contributed by atoms with Gasteiger partial charge in [0.2, 0.25) is 10.0 Å². The molecule has 0 bridgehead atoms. The van der Waals surface area contributed by atoms with E-state index in [0.29, 0.717) is 10.8 Å². The molecule has 0 amide bonds. The summed E-state index contributed by atoms with van der Waals surface area (Å²) in [6, 6.07) is 6.83. The molecule has 1 N–H and O–H groups in total. The number of rotatable bonds is 8. The quantitative estimate of drug-likeness (QED) is 0.742. The van der Waals surface area contributed by atoms with Gasteiger partial charge in [0.1, 0.15) is 0 Å². The summed E-state index contributed by atoms with van der Waals surface area (Å²) in [6.07, 6.45) is 2.01. The first-order valence-electron chi connectivity index (χ1n) is 7.14. The molecule has 6 heteroatoms. The number of anilines is 1. The maximum absolute atomic E-state index is 12.0. The Morgan fingerprint density at radius 1 is 1.14 bits per heavy atom. The Labute approximate surface area is 133 Å². The molecule has 0 saturated carbocycles. The Hall–Kier alpha value is -0.780. The fourth-order valence-corrected chi connectivity index (χ4v) is 3.36. The van der Waals surface area contributed by atoms with Gasteiger partial charge >= 0.3 is 0 Å². The van der Waals surface area contributed by atoms with Crippen molar-refractivity contribution in [1.29, 1.82) is 0 Å². The molecule has 1 aromatic carbocycles. The smallest absolute Gasteiger partial charge is 0.242 e. The Morgan fingerprint density at radius 3 is 2.05 bits per heavy atom. The molecule has 0 spiro atoms. The minimum Gasteiger partial charge on any atom is -0.384 e. The van der Waals surface area contributed by atoms with Crippen LogP contribution in [0.5, 0.6) is 0 Å². The van der Waals surface area contributed by atoms with Crippen LogP contribution in [0.1, 0.15) is 26.7 Å². The Kier molecular flexibility index (Phi) is 6.50. The van der Waals surface area contributed by atoms with Crippen LogP contribution in [0.15, 0.2) is 29.2 Å². The first-order valence-corrected chi connectivity index (χ1v) is 9.11. The number of sulfonamides is 1. The van der Waals surface area contributed by atoms with E-state index in [1.165, 1.54) is 18.4 Å². The molecule has 4 nitrogen and oxygen atoms in total. The van der Waals surface area contributed by atoms with Crippen molar-refractivity contribution >= 4 is 27.3 Å². The highest BCUT2D eigenvalue weighted by Gasteiger charge is 2.24. The zero-order valence-corrected chi connectivity index (χ0v) is 14.8. The molecule has 0 saturated heterocycles. The monoisotopic (exact) mass is 332 g/mol. The minimum atomic E-state index is -3.37. The molecule has 0 aliphatic carbocycles. The van der Waals surface area contributed by atoms with E-state index in [2.05, 4.69) is 19.2 Å². The molecular formula is C15H25ClN2O2S. The number of nitrogens with zero attached hydrogens (tertiary/aromatic N) is 1. The van der Waals surface area contributed by atoms with Gasteiger partial charge in [-0.25, -0.2) is 12.7 Å².